The fourth-order valence-electron chi connectivity index (χ4n) is 3.44. The zero-order valence-corrected chi connectivity index (χ0v) is 18.2. The van der Waals surface area contributed by atoms with Crippen molar-refractivity contribution in [3.63, 3.8) is 0 Å². The minimum absolute atomic E-state index is 0.0240. The molecule has 1 fully saturated rings. The molecule has 0 bridgehead atoms. The summed E-state index contributed by atoms with van der Waals surface area (Å²) in [7, 11) is 2.83. The van der Waals surface area contributed by atoms with Gasteiger partial charge in [0.25, 0.3) is 5.91 Å². The molecule has 2 aromatic rings. The Labute approximate surface area is 185 Å². The van der Waals surface area contributed by atoms with Crippen molar-refractivity contribution in [1.82, 2.24) is 9.80 Å². The molecule has 31 heavy (non-hydrogen) atoms. The number of aromatic carboxylic acids is 1. The van der Waals surface area contributed by atoms with Gasteiger partial charge in [0.15, 0.2) is 18.1 Å². The molecule has 9 heteroatoms. The van der Waals surface area contributed by atoms with Crippen LogP contribution in [0.3, 0.4) is 0 Å². The molecule has 8 nitrogen and oxygen atoms in total. The van der Waals surface area contributed by atoms with E-state index in [4.69, 9.17) is 25.8 Å². The molecule has 0 atom stereocenters. The summed E-state index contributed by atoms with van der Waals surface area (Å²) in [4.78, 5) is 28.2. The Balaban J connectivity index is 1.58. The largest absolute Gasteiger partial charge is 0.493 e. The minimum Gasteiger partial charge on any atom is -0.493 e. The third-order valence-electron chi connectivity index (χ3n) is 5.11. The van der Waals surface area contributed by atoms with Gasteiger partial charge in [-0.2, -0.15) is 0 Å². The highest BCUT2D eigenvalue weighted by Gasteiger charge is 2.25. The van der Waals surface area contributed by atoms with Crippen LogP contribution < -0.4 is 14.2 Å². The van der Waals surface area contributed by atoms with Crippen molar-refractivity contribution in [3.8, 4) is 17.2 Å². The summed E-state index contributed by atoms with van der Waals surface area (Å²) >= 11 is 5.93. The molecular weight excluding hydrogens is 424 g/mol. The molecule has 0 unspecified atom stereocenters. The summed E-state index contributed by atoms with van der Waals surface area (Å²) in [6, 6.07) is 10.6. The predicted octanol–water partition coefficient (Wildman–Crippen LogP) is 2.78. The average molecular weight is 449 g/mol. The maximum Gasteiger partial charge on any atom is 0.339 e. The molecule has 0 radical (unpaired) electrons. The second kappa shape index (κ2) is 10.4. The summed E-state index contributed by atoms with van der Waals surface area (Å²) in [5, 5.41) is 10.2. The van der Waals surface area contributed by atoms with Gasteiger partial charge in [-0.25, -0.2) is 4.79 Å². The molecule has 1 aliphatic heterocycles. The standard InChI is InChI=1S/C22H25ClN2O6/c1-29-18-8-7-17(22(27)28)20(21(18)30-2)31-14-19(26)25-11-9-24(10-12-25)13-15-3-5-16(23)6-4-15/h3-8H,9-14H2,1-2H3,(H,27,28). The van der Waals surface area contributed by atoms with Crippen molar-refractivity contribution in [1.29, 1.82) is 0 Å². The molecule has 1 aliphatic rings. The topological polar surface area (TPSA) is 88.5 Å². The Bertz CT molecular complexity index is 926. The van der Waals surface area contributed by atoms with Crippen LogP contribution in [-0.4, -0.2) is 73.8 Å². The molecule has 0 aromatic heterocycles. The normalized spacial score (nSPS) is 14.2. The fraction of sp³-hybridized carbons (Fsp3) is 0.364. The molecule has 2 aromatic carbocycles. The lowest BCUT2D eigenvalue weighted by molar-refractivity contribution is -0.135. The van der Waals surface area contributed by atoms with Gasteiger partial charge in [-0.05, 0) is 29.8 Å². The van der Waals surface area contributed by atoms with Gasteiger partial charge >= 0.3 is 5.97 Å². The number of nitrogens with zero attached hydrogens (tertiary/aromatic N) is 2. The molecule has 166 valence electrons. The number of carbonyl (C=O) groups is 2. The smallest absolute Gasteiger partial charge is 0.339 e. The summed E-state index contributed by atoms with van der Waals surface area (Å²) in [5.41, 5.74) is 1.07. The van der Waals surface area contributed by atoms with Gasteiger partial charge in [0.1, 0.15) is 5.56 Å². The summed E-state index contributed by atoms with van der Waals surface area (Å²) in [6.45, 7) is 3.10. The number of ether oxygens (including phenoxy) is 3. The molecule has 1 heterocycles. The highest BCUT2D eigenvalue weighted by Crippen LogP contribution is 2.40. The van der Waals surface area contributed by atoms with Gasteiger partial charge in [0.05, 0.1) is 14.2 Å². The van der Waals surface area contributed by atoms with Crippen LogP contribution >= 0.6 is 11.6 Å². The lowest BCUT2D eigenvalue weighted by atomic mass is 10.1. The average Bonchev–Trinajstić information content (AvgIpc) is 2.78. The lowest BCUT2D eigenvalue weighted by Crippen LogP contribution is -2.49. The molecule has 1 saturated heterocycles. The van der Waals surface area contributed by atoms with E-state index in [2.05, 4.69) is 4.90 Å². The maximum atomic E-state index is 12.7. The summed E-state index contributed by atoms with van der Waals surface area (Å²) in [5.74, 6) is -0.954. The summed E-state index contributed by atoms with van der Waals surface area (Å²) < 4.78 is 16.1. The second-order valence-corrected chi connectivity index (χ2v) is 7.49. The maximum absolute atomic E-state index is 12.7. The number of carboxylic acid groups (broad SMARTS) is 1. The monoisotopic (exact) mass is 448 g/mol. The Morgan fingerprint density at radius 2 is 1.65 bits per heavy atom. The van der Waals surface area contributed by atoms with E-state index in [0.29, 0.717) is 23.9 Å². The van der Waals surface area contributed by atoms with Gasteiger partial charge in [-0.15, -0.1) is 0 Å². The van der Waals surface area contributed by atoms with Crippen LogP contribution in [0.5, 0.6) is 17.2 Å². The van der Waals surface area contributed by atoms with E-state index in [1.165, 1.54) is 31.9 Å². The van der Waals surface area contributed by atoms with Crippen LogP contribution in [-0.2, 0) is 11.3 Å². The van der Waals surface area contributed by atoms with E-state index in [1.54, 1.807) is 4.90 Å². The Morgan fingerprint density at radius 3 is 2.23 bits per heavy atom. The van der Waals surface area contributed by atoms with Gasteiger partial charge in [0, 0.05) is 37.7 Å². The Kier molecular flexibility index (Phi) is 7.59. The second-order valence-electron chi connectivity index (χ2n) is 7.05. The Hall–Kier alpha value is -2.97. The van der Waals surface area contributed by atoms with Gasteiger partial charge in [-0.1, -0.05) is 23.7 Å². The molecule has 0 saturated carbocycles. The number of carbonyl (C=O) groups excluding carboxylic acids is 1. The number of piperazine rings is 1. The van der Waals surface area contributed by atoms with Crippen LogP contribution in [0.2, 0.25) is 5.02 Å². The van der Waals surface area contributed by atoms with E-state index in [9.17, 15) is 14.7 Å². The number of hydrogen-bond acceptors (Lipinski definition) is 6. The van der Waals surface area contributed by atoms with Crippen molar-refractivity contribution in [2.75, 3.05) is 47.0 Å². The van der Waals surface area contributed by atoms with Gasteiger partial charge in [0.2, 0.25) is 5.75 Å². The van der Waals surface area contributed by atoms with Gasteiger partial charge < -0.3 is 24.2 Å². The quantitative estimate of drug-likeness (QED) is 0.664. The highest BCUT2D eigenvalue weighted by molar-refractivity contribution is 6.30. The van der Waals surface area contributed by atoms with E-state index < -0.39 is 5.97 Å². The van der Waals surface area contributed by atoms with Crippen molar-refractivity contribution in [3.05, 3.63) is 52.5 Å². The van der Waals surface area contributed by atoms with Crippen LogP contribution in [0.25, 0.3) is 0 Å². The highest BCUT2D eigenvalue weighted by atomic mass is 35.5. The van der Waals surface area contributed by atoms with E-state index >= 15 is 0 Å². The molecule has 0 spiro atoms. The molecule has 1 amide bonds. The Morgan fingerprint density at radius 1 is 0.968 bits per heavy atom. The molecule has 0 aliphatic carbocycles. The zero-order chi connectivity index (χ0) is 22.4. The number of carboxylic acids is 1. The van der Waals surface area contributed by atoms with Crippen molar-refractivity contribution < 1.29 is 28.9 Å². The first-order chi connectivity index (χ1) is 14.9. The number of rotatable bonds is 8. The van der Waals surface area contributed by atoms with Gasteiger partial charge in [-0.3, -0.25) is 9.69 Å². The SMILES string of the molecule is COc1ccc(C(=O)O)c(OCC(=O)N2CCN(Cc3ccc(Cl)cc3)CC2)c1OC. The third-order valence-corrected chi connectivity index (χ3v) is 5.37. The number of benzene rings is 2. The first-order valence-electron chi connectivity index (χ1n) is 9.78. The van der Waals surface area contributed by atoms with Crippen LogP contribution in [0, 0.1) is 0 Å². The third kappa shape index (κ3) is 5.59. The molecular formula is C22H25ClN2O6. The van der Waals surface area contributed by atoms with E-state index in [1.807, 2.05) is 24.3 Å². The number of hydrogen-bond donors (Lipinski definition) is 1. The first-order valence-corrected chi connectivity index (χ1v) is 10.2. The lowest BCUT2D eigenvalue weighted by Gasteiger charge is -2.34. The van der Waals surface area contributed by atoms with Crippen LogP contribution in [0.15, 0.2) is 36.4 Å². The zero-order valence-electron chi connectivity index (χ0n) is 17.5. The van der Waals surface area contributed by atoms with Crippen molar-refractivity contribution in [2.24, 2.45) is 0 Å². The predicted molar refractivity (Wildman–Crippen MR) is 115 cm³/mol. The summed E-state index contributed by atoms with van der Waals surface area (Å²) in [6.07, 6.45) is 0. The minimum atomic E-state index is -1.18. The number of methoxy groups -OCH3 is 2. The molecule has 1 N–H and O–H groups in total. The fourth-order valence-corrected chi connectivity index (χ4v) is 3.56. The van der Waals surface area contributed by atoms with Crippen LogP contribution in [0.1, 0.15) is 15.9 Å². The van der Waals surface area contributed by atoms with Crippen molar-refractivity contribution in [2.45, 2.75) is 6.54 Å². The van der Waals surface area contributed by atoms with Crippen LogP contribution in [0.4, 0.5) is 0 Å². The van der Waals surface area contributed by atoms with E-state index in [-0.39, 0.29) is 29.6 Å². The molecule has 3 rings (SSSR count). The number of amides is 1. The van der Waals surface area contributed by atoms with Crippen molar-refractivity contribution >= 4 is 23.5 Å². The first kappa shape index (κ1) is 22.7. The number of halogens is 1. The van der Waals surface area contributed by atoms with E-state index in [0.717, 1.165) is 19.6 Å².